The minimum absolute atomic E-state index is 0.0807. The summed E-state index contributed by atoms with van der Waals surface area (Å²) in [4.78, 5) is 12.1. The number of carbonyl (C=O) groups is 1. The minimum atomic E-state index is 0.0807. The molecule has 112 valence electrons. The average molecular weight is 276 g/mol. The fraction of sp³-hybridized carbons (Fsp3) is 0.588. The van der Waals surface area contributed by atoms with Crippen LogP contribution in [0, 0.1) is 17.8 Å². The van der Waals surface area contributed by atoms with E-state index in [1.54, 1.807) is 0 Å². The van der Waals surface area contributed by atoms with Gasteiger partial charge in [-0.1, -0.05) is 52.0 Å². The maximum Gasteiger partial charge on any atom is 0.224 e. The fourth-order valence-electron chi connectivity index (χ4n) is 2.64. The lowest BCUT2D eigenvalue weighted by atomic mass is 9.85. The van der Waals surface area contributed by atoms with E-state index in [0.29, 0.717) is 30.7 Å². The molecule has 0 aliphatic rings. The van der Waals surface area contributed by atoms with Crippen LogP contribution in [0.4, 0.5) is 0 Å². The van der Waals surface area contributed by atoms with E-state index < -0.39 is 0 Å². The Morgan fingerprint density at radius 1 is 1.10 bits per heavy atom. The van der Waals surface area contributed by atoms with Gasteiger partial charge in [0.1, 0.15) is 0 Å². The molecule has 20 heavy (non-hydrogen) atoms. The third kappa shape index (κ3) is 4.97. The molecule has 1 rings (SSSR count). The normalized spacial score (nSPS) is 11.4. The molecule has 0 saturated heterocycles. The summed E-state index contributed by atoms with van der Waals surface area (Å²) in [5.41, 5.74) is 7.77. The molecular formula is C17H28N2O. The van der Waals surface area contributed by atoms with Gasteiger partial charge in [-0.2, -0.15) is 0 Å². The molecule has 0 spiro atoms. The minimum Gasteiger partial charge on any atom is -0.356 e. The Bertz CT molecular complexity index is 419. The van der Waals surface area contributed by atoms with E-state index in [0.717, 1.165) is 17.7 Å². The van der Waals surface area contributed by atoms with Gasteiger partial charge in [-0.25, -0.2) is 0 Å². The maximum atomic E-state index is 12.1. The lowest BCUT2D eigenvalue weighted by molar-refractivity contribution is -0.120. The van der Waals surface area contributed by atoms with E-state index >= 15 is 0 Å². The van der Waals surface area contributed by atoms with Gasteiger partial charge in [0.05, 0.1) is 6.42 Å². The first-order chi connectivity index (χ1) is 9.45. The van der Waals surface area contributed by atoms with Crippen molar-refractivity contribution in [3.8, 4) is 0 Å². The SMILES string of the molecule is CC(C)C(CNC(=O)Cc1ccccc1CN)C(C)C. The van der Waals surface area contributed by atoms with Crippen molar-refractivity contribution in [1.29, 1.82) is 0 Å². The first-order valence-electron chi connectivity index (χ1n) is 7.49. The number of amides is 1. The highest BCUT2D eigenvalue weighted by molar-refractivity contribution is 5.78. The molecule has 0 unspecified atom stereocenters. The molecule has 1 amide bonds. The van der Waals surface area contributed by atoms with Gasteiger partial charge in [0.2, 0.25) is 5.91 Å². The van der Waals surface area contributed by atoms with Crippen molar-refractivity contribution < 1.29 is 4.79 Å². The maximum absolute atomic E-state index is 12.1. The van der Waals surface area contributed by atoms with Crippen LogP contribution < -0.4 is 11.1 Å². The number of benzene rings is 1. The van der Waals surface area contributed by atoms with E-state index in [4.69, 9.17) is 5.73 Å². The topological polar surface area (TPSA) is 55.1 Å². The van der Waals surface area contributed by atoms with E-state index in [-0.39, 0.29) is 5.91 Å². The summed E-state index contributed by atoms with van der Waals surface area (Å²) >= 11 is 0. The average Bonchev–Trinajstić information content (AvgIpc) is 2.38. The van der Waals surface area contributed by atoms with Gasteiger partial charge in [0.25, 0.3) is 0 Å². The van der Waals surface area contributed by atoms with E-state index in [9.17, 15) is 4.79 Å². The van der Waals surface area contributed by atoms with Gasteiger partial charge in [-0.05, 0) is 28.9 Å². The summed E-state index contributed by atoms with van der Waals surface area (Å²) in [7, 11) is 0. The third-order valence-corrected chi connectivity index (χ3v) is 3.94. The molecular weight excluding hydrogens is 248 g/mol. The summed E-state index contributed by atoms with van der Waals surface area (Å²) in [6, 6.07) is 7.86. The molecule has 0 radical (unpaired) electrons. The predicted molar refractivity (Wildman–Crippen MR) is 84.2 cm³/mol. The summed E-state index contributed by atoms with van der Waals surface area (Å²) in [5, 5.41) is 3.07. The van der Waals surface area contributed by atoms with Crippen molar-refractivity contribution >= 4 is 5.91 Å². The van der Waals surface area contributed by atoms with Gasteiger partial charge in [-0.3, -0.25) is 4.79 Å². The summed E-state index contributed by atoms with van der Waals surface area (Å²) in [5.74, 6) is 1.75. The van der Waals surface area contributed by atoms with Crippen molar-refractivity contribution in [2.24, 2.45) is 23.5 Å². The third-order valence-electron chi connectivity index (χ3n) is 3.94. The number of hydrogen-bond donors (Lipinski definition) is 2. The van der Waals surface area contributed by atoms with Crippen molar-refractivity contribution in [1.82, 2.24) is 5.32 Å². The van der Waals surface area contributed by atoms with Crippen LogP contribution in [0.25, 0.3) is 0 Å². The highest BCUT2D eigenvalue weighted by Gasteiger charge is 2.18. The second-order valence-corrected chi connectivity index (χ2v) is 6.11. The van der Waals surface area contributed by atoms with Crippen LogP contribution in [0.5, 0.6) is 0 Å². The smallest absolute Gasteiger partial charge is 0.224 e. The summed E-state index contributed by atoms with van der Waals surface area (Å²) in [6.45, 7) is 10.1. The Hall–Kier alpha value is -1.35. The molecule has 0 atom stereocenters. The molecule has 1 aromatic rings. The lowest BCUT2D eigenvalue weighted by Gasteiger charge is -2.25. The van der Waals surface area contributed by atoms with Crippen molar-refractivity contribution in [3.63, 3.8) is 0 Å². The first-order valence-corrected chi connectivity index (χ1v) is 7.49. The summed E-state index contributed by atoms with van der Waals surface area (Å²) < 4.78 is 0. The van der Waals surface area contributed by atoms with Gasteiger partial charge in [0, 0.05) is 13.1 Å². The van der Waals surface area contributed by atoms with Gasteiger partial charge >= 0.3 is 0 Å². The highest BCUT2D eigenvalue weighted by Crippen LogP contribution is 2.19. The Kier molecular flexibility index (Phi) is 6.73. The van der Waals surface area contributed by atoms with Crippen LogP contribution in [0.3, 0.4) is 0 Å². The van der Waals surface area contributed by atoms with Crippen LogP contribution in [0.2, 0.25) is 0 Å². The zero-order valence-corrected chi connectivity index (χ0v) is 13.1. The second kappa shape index (κ2) is 8.05. The van der Waals surface area contributed by atoms with Gasteiger partial charge < -0.3 is 11.1 Å². The van der Waals surface area contributed by atoms with E-state index in [1.165, 1.54) is 0 Å². The second-order valence-electron chi connectivity index (χ2n) is 6.11. The number of nitrogens with one attached hydrogen (secondary N) is 1. The quantitative estimate of drug-likeness (QED) is 0.804. The van der Waals surface area contributed by atoms with Crippen molar-refractivity contribution in [3.05, 3.63) is 35.4 Å². The Labute approximate surface area is 122 Å². The fourth-order valence-corrected chi connectivity index (χ4v) is 2.64. The molecule has 0 heterocycles. The largest absolute Gasteiger partial charge is 0.356 e. The summed E-state index contributed by atoms with van der Waals surface area (Å²) in [6.07, 6.45) is 0.413. The number of rotatable bonds is 7. The Morgan fingerprint density at radius 3 is 2.15 bits per heavy atom. The van der Waals surface area contributed by atoms with Crippen LogP contribution in [0.15, 0.2) is 24.3 Å². The number of nitrogens with two attached hydrogens (primary N) is 1. The van der Waals surface area contributed by atoms with Crippen LogP contribution in [-0.4, -0.2) is 12.5 Å². The molecule has 0 aromatic heterocycles. The highest BCUT2D eigenvalue weighted by atomic mass is 16.1. The van der Waals surface area contributed by atoms with Crippen molar-refractivity contribution in [2.75, 3.05) is 6.54 Å². The molecule has 3 heteroatoms. The molecule has 0 fully saturated rings. The van der Waals surface area contributed by atoms with Crippen LogP contribution in [-0.2, 0) is 17.8 Å². The Balaban J connectivity index is 2.55. The molecule has 0 aliphatic carbocycles. The van der Waals surface area contributed by atoms with E-state index in [2.05, 4.69) is 33.0 Å². The number of carbonyl (C=O) groups excluding carboxylic acids is 1. The zero-order valence-electron chi connectivity index (χ0n) is 13.1. The molecule has 3 N–H and O–H groups in total. The molecule has 1 aromatic carbocycles. The Morgan fingerprint density at radius 2 is 1.65 bits per heavy atom. The predicted octanol–water partition coefficient (Wildman–Crippen LogP) is 2.73. The monoisotopic (exact) mass is 276 g/mol. The van der Waals surface area contributed by atoms with Gasteiger partial charge in [-0.15, -0.1) is 0 Å². The number of hydrogen-bond acceptors (Lipinski definition) is 2. The van der Waals surface area contributed by atoms with Crippen LogP contribution >= 0.6 is 0 Å². The first kappa shape index (κ1) is 16.7. The van der Waals surface area contributed by atoms with E-state index in [1.807, 2.05) is 24.3 Å². The molecule has 0 saturated carbocycles. The zero-order chi connectivity index (χ0) is 15.1. The van der Waals surface area contributed by atoms with Crippen LogP contribution in [0.1, 0.15) is 38.8 Å². The molecule has 0 bridgehead atoms. The van der Waals surface area contributed by atoms with Gasteiger partial charge in [0.15, 0.2) is 0 Å². The molecule has 0 aliphatic heterocycles. The lowest BCUT2D eigenvalue weighted by Crippen LogP contribution is -2.34. The standard InChI is InChI=1S/C17H28N2O/c1-12(2)16(13(3)4)11-19-17(20)9-14-7-5-6-8-15(14)10-18/h5-8,12-13,16H,9-11,18H2,1-4H3,(H,19,20). The van der Waals surface area contributed by atoms with Crippen molar-refractivity contribution in [2.45, 2.75) is 40.7 Å². The molecule has 3 nitrogen and oxygen atoms in total.